The van der Waals surface area contributed by atoms with Crippen LogP contribution in [0.2, 0.25) is 0 Å². The highest BCUT2D eigenvalue weighted by Crippen LogP contribution is 2.29. The number of rotatable bonds is 6. The fraction of sp³-hybridized carbons (Fsp3) is 0.263. The van der Waals surface area contributed by atoms with Crippen LogP contribution in [0.15, 0.2) is 47.5 Å². The summed E-state index contributed by atoms with van der Waals surface area (Å²) in [5, 5.41) is 0. The number of nitrogens with zero attached hydrogens (tertiary/aromatic N) is 2. The number of thiazole rings is 1. The standard InChI is InChI=1S/C19H20N2O4S/c1-23-12-11-21-13-7-4-5-10-16(13)26-19(21)20-18(22)17-14(24-2)8-6-9-15(17)25-3/h4-10H,11-12H2,1-3H3. The lowest BCUT2D eigenvalue weighted by molar-refractivity contribution is 0.0991. The lowest BCUT2D eigenvalue weighted by atomic mass is 10.1. The van der Waals surface area contributed by atoms with Crippen LogP contribution in [0.4, 0.5) is 0 Å². The molecule has 0 aliphatic rings. The van der Waals surface area contributed by atoms with Gasteiger partial charge in [0.1, 0.15) is 17.1 Å². The largest absolute Gasteiger partial charge is 0.496 e. The maximum absolute atomic E-state index is 12.9. The van der Waals surface area contributed by atoms with E-state index >= 15 is 0 Å². The normalized spacial score (nSPS) is 11.7. The van der Waals surface area contributed by atoms with Crippen molar-refractivity contribution < 1.29 is 19.0 Å². The Kier molecular flexibility index (Phi) is 5.70. The Labute approximate surface area is 155 Å². The van der Waals surface area contributed by atoms with Crippen LogP contribution in [0.25, 0.3) is 10.2 Å². The van der Waals surface area contributed by atoms with Gasteiger partial charge in [0.05, 0.1) is 31.0 Å². The highest BCUT2D eigenvalue weighted by Gasteiger charge is 2.18. The summed E-state index contributed by atoms with van der Waals surface area (Å²) in [6.07, 6.45) is 0. The Morgan fingerprint density at radius 2 is 1.73 bits per heavy atom. The van der Waals surface area contributed by atoms with Crippen molar-refractivity contribution in [2.75, 3.05) is 27.9 Å². The molecule has 0 aliphatic heterocycles. The van der Waals surface area contributed by atoms with E-state index in [9.17, 15) is 4.79 Å². The maximum atomic E-state index is 12.9. The zero-order chi connectivity index (χ0) is 18.5. The molecule has 1 aromatic heterocycles. The van der Waals surface area contributed by atoms with E-state index in [0.717, 1.165) is 10.2 Å². The molecule has 6 nitrogen and oxygen atoms in total. The number of ether oxygens (including phenoxy) is 3. The van der Waals surface area contributed by atoms with Crippen LogP contribution in [0.3, 0.4) is 0 Å². The summed E-state index contributed by atoms with van der Waals surface area (Å²) in [6, 6.07) is 13.2. The van der Waals surface area contributed by atoms with Crippen LogP contribution in [-0.4, -0.2) is 38.4 Å². The molecule has 26 heavy (non-hydrogen) atoms. The van der Waals surface area contributed by atoms with Gasteiger partial charge in [-0.05, 0) is 24.3 Å². The van der Waals surface area contributed by atoms with Gasteiger partial charge in [0, 0.05) is 13.7 Å². The fourth-order valence-corrected chi connectivity index (χ4v) is 3.76. The second kappa shape index (κ2) is 8.16. The minimum absolute atomic E-state index is 0.313. The molecule has 0 unspecified atom stereocenters. The van der Waals surface area contributed by atoms with Crippen LogP contribution in [-0.2, 0) is 11.3 Å². The van der Waals surface area contributed by atoms with Gasteiger partial charge in [0.2, 0.25) is 0 Å². The predicted molar refractivity (Wildman–Crippen MR) is 101 cm³/mol. The summed E-state index contributed by atoms with van der Waals surface area (Å²) in [5.74, 6) is 0.460. The van der Waals surface area contributed by atoms with Crippen LogP contribution in [0.1, 0.15) is 10.4 Å². The van der Waals surface area contributed by atoms with Gasteiger partial charge in [-0.2, -0.15) is 4.99 Å². The first-order valence-electron chi connectivity index (χ1n) is 8.07. The van der Waals surface area contributed by atoms with Crippen LogP contribution in [0, 0.1) is 0 Å². The topological polar surface area (TPSA) is 62.1 Å². The summed E-state index contributed by atoms with van der Waals surface area (Å²) in [6.45, 7) is 1.13. The number of para-hydroxylation sites is 1. The number of carbonyl (C=O) groups is 1. The number of amides is 1. The Bertz CT molecular complexity index is 968. The molecule has 0 saturated heterocycles. The molecule has 0 atom stereocenters. The zero-order valence-electron chi connectivity index (χ0n) is 14.9. The van der Waals surface area contributed by atoms with E-state index in [2.05, 4.69) is 4.99 Å². The van der Waals surface area contributed by atoms with Gasteiger partial charge in [-0.3, -0.25) is 4.79 Å². The van der Waals surface area contributed by atoms with E-state index in [1.54, 1.807) is 25.3 Å². The summed E-state index contributed by atoms with van der Waals surface area (Å²) in [7, 11) is 4.68. The van der Waals surface area contributed by atoms with Crippen molar-refractivity contribution in [3.8, 4) is 11.5 Å². The number of carbonyl (C=O) groups excluding carboxylic acids is 1. The predicted octanol–water partition coefficient (Wildman–Crippen LogP) is 3.11. The third-order valence-electron chi connectivity index (χ3n) is 3.95. The first-order chi connectivity index (χ1) is 12.7. The average Bonchev–Trinajstić information content (AvgIpc) is 3.02. The highest BCUT2D eigenvalue weighted by atomic mass is 32.1. The molecule has 0 N–H and O–H groups in total. The average molecular weight is 372 g/mol. The van der Waals surface area contributed by atoms with Gasteiger partial charge in [0.25, 0.3) is 5.91 Å². The molecule has 0 radical (unpaired) electrons. The van der Waals surface area contributed by atoms with Crippen molar-refractivity contribution in [1.29, 1.82) is 0 Å². The molecule has 0 fully saturated rings. The number of hydrogen-bond acceptors (Lipinski definition) is 5. The van der Waals surface area contributed by atoms with Gasteiger partial charge >= 0.3 is 0 Å². The summed E-state index contributed by atoms with van der Waals surface area (Å²) >= 11 is 1.46. The third-order valence-corrected chi connectivity index (χ3v) is 5.01. The van der Waals surface area contributed by atoms with Crippen molar-refractivity contribution in [2.24, 2.45) is 4.99 Å². The molecule has 1 heterocycles. The molecule has 0 saturated carbocycles. The third kappa shape index (κ3) is 3.49. The molecule has 7 heteroatoms. The molecule has 1 amide bonds. The molecule has 0 bridgehead atoms. The molecule has 136 valence electrons. The highest BCUT2D eigenvalue weighted by molar-refractivity contribution is 7.16. The van der Waals surface area contributed by atoms with Gasteiger partial charge in [-0.1, -0.05) is 29.5 Å². The van der Waals surface area contributed by atoms with Gasteiger partial charge in [0.15, 0.2) is 4.80 Å². The monoisotopic (exact) mass is 372 g/mol. The smallest absolute Gasteiger partial charge is 0.287 e. The Morgan fingerprint density at radius 1 is 1.04 bits per heavy atom. The molecular formula is C19H20N2O4S. The van der Waals surface area contributed by atoms with Crippen molar-refractivity contribution in [2.45, 2.75) is 6.54 Å². The lowest BCUT2D eigenvalue weighted by Gasteiger charge is -2.09. The number of fused-ring (bicyclic) bond motifs is 1. The molecule has 0 spiro atoms. The minimum Gasteiger partial charge on any atom is -0.496 e. The summed E-state index contributed by atoms with van der Waals surface area (Å²) in [4.78, 5) is 17.9. The van der Waals surface area contributed by atoms with E-state index in [-0.39, 0.29) is 0 Å². The molecule has 3 aromatic rings. The second-order valence-corrected chi connectivity index (χ2v) is 6.46. The summed E-state index contributed by atoms with van der Waals surface area (Å²) < 4.78 is 18.9. The van der Waals surface area contributed by atoms with Gasteiger partial charge < -0.3 is 18.8 Å². The van der Waals surface area contributed by atoms with E-state index in [1.165, 1.54) is 25.6 Å². The maximum Gasteiger partial charge on any atom is 0.287 e. The van der Waals surface area contributed by atoms with E-state index < -0.39 is 5.91 Å². The Hall–Kier alpha value is -2.64. The number of aromatic nitrogens is 1. The number of hydrogen-bond donors (Lipinski definition) is 0. The lowest BCUT2D eigenvalue weighted by Crippen LogP contribution is -2.19. The Balaban J connectivity index is 2.15. The van der Waals surface area contributed by atoms with Crippen LogP contribution >= 0.6 is 11.3 Å². The van der Waals surface area contributed by atoms with Crippen molar-refractivity contribution in [3.05, 3.63) is 52.8 Å². The van der Waals surface area contributed by atoms with Gasteiger partial charge in [-0.25, -0.2) is 0 Å². The summed E-state index contributed by atoms with van der Waals surface area (Å²) in [5.41, 5.74) is 1.33. The molecular weight excluding hydrogens is 352 g/mol. The number of benzene rings is 2. The van der Waals surface area contributed by atoms with Crippen LogP contribution < -0.4 is 14.3 Å². The van der Waals surface area contributed by atoms with E-state index in [4.69, 9.17) is 14.2 Å². The fourth-order valence-electron chi connectivity index (χ4n) is 2.71. The molecule has 2 aromatic carbocycles. The van der Waals surface area contributed by atoms with Crippen molar-refractivity contribution in [3.63, 3.8) is 0 Å². The van der Waals surface area contributed by atoms with Gasteiger partial charge in [-0.15, -0.1) is 0 Å². The molecule has 0 aliphatic carbocycles. The first kappa shape index (κ1) is 18.2. The Morgan fingerprint density at radius 3 is 2.38 bits per heavy atom. The van der Waals surface area contributed by atoms with E-state index in [0.29, 0.717) is 35.0 Å². The van der Waals surface area contributed by atoms with Crippen LogP contribution in [0.5, 0.6) is 11.5 Å². The zero-order valence-corrected chi connectivity index (χ0v) is 15.7. The number of methoxy groups -OCH3 is 3. The SMILES string of the molecule is COCCn1c(=NC(=O)c2c(OC)cccc2OC)sc2ccccc21. The minimum atomic E-state index is -0.406. The quantitative estimate of drug-likeness (QED) is 0.667. The van der Waals surface area contributed by atoms with Crippen molar-refractivity contribution >= 4 is 27.5 Å². The van der Waals surface area contributed by atoms with Crippen molar-refractivity contribution in [1.82, 2.24) is 4.57 Å². The first-order valence-corrected chi connectivity index (χ1v) is 8.88. The molecule has 3 rings (SSSR count). The van der Waals surface area contributed by atoms with E-state index in [1.807, 2.05) is 28.8 Å². The second-order valence-electron chi connectivity index (χ2n) is 5.45.